The van der Waals surface area contributed by atoms with Crippen molar-refractivity contribution in [1.82, 2.24) is 15.2 Å². The molecule has 0 spiro atoms. The van der Waals surface area contributed by atoms with Gasteiger partial charge < -0.3 is 24.5 Å². The zero-order chi connectivity index (χ0) is 38.7. The molecule has 5 aromatic rings. The number of ether oxygens (including phenoxy) is 1. The monoisotopic (exact) mass is 740 g/mol. The number of aliphatic hydroxyl groups is 2. The van der Waals surface area contributed by atoms with Crippen LogP contribution in [0.15, 0.2) is 65.1 Å². The van der Waals surface area contributed by atoms with Crippen molar-refractivity contribution in [2.75, 3.05) is 26.8 Å². The summed E-state index contributed by atoms with van der Waals surface area (Å²) in [5.74, 6) is -0.589. The van der Waals surface area contributed by atoms with E-state index in [1.165, 1.54) is 19.3 Å². The minimum Gasteiger partial charge on any atom is -0.496 e. The maximum absolute atomic E-state index is 14.4. The van der Waals surface area contributed by atoms with Crippen molar-refractivity contribution in [2.24, 2.45) is 0 Å². The van der Waals surface area contributed by atoms with Gasteiger partial charge in [-0.05, 0) is 89.5 Å². The molecular weight excluding hydrogens is 701 g/mol. The van der Waals surface area contributed by atoms with Gasteiger partial charge in [0.2, 0.25) is 5.89 Å². The number of carbonyl (C=O) groups is 1. The topological polar surface area (TPSA) is 152 Å². The van der Waals surface area contributed by atoms with E-state index in [9.17, 15) is 38.5 Å². The first-order valence-electron chi connectivity index (χ1n) is 17.3. The van der Waals surface area contributed by atoms with Crippen LogP contribution in [0.2, 0.25) is 0 Å². The summed E-state index contributed by atoms with van der Waals surface area (Å²) in [5.41, 5.74) is 5.83. The number of aliphatic carboxylic acids is 1. The van der Waals surface area contributed by atoms with Gasteiger partial charge in [0.05, 0.1) is 30.9 Å². The number of nitrogens with zero attached hydrogens (tertiary/aromatic N) is 3. The van der Waals surface area contributed by atoms with Crippen LogP contribution in [0.4, 0.5) is 13.2 Å². The Morgan fingerprint density at radius 2 is 1.80 bits per heavy atom. The van der Waals surface area contributed by atoms with Crippen LogP contribution in [0.5, 0.6) is 5.75 Å². The summed E-state index contributed by atoms with van der Waals surface area (Å²) in [5, 5.41) is 41.1. The van der Waals surface area contributed by atoms with Crippen LogP contribution in [0.3, 0.4) is 0 Å². The average Bonchev–Trinajstić information content (AvgIpc) is 3.76. The lowest BCUT2D eigenvalue weighted by Gasteiger charge is -2.20. The number of halogens is 3. The Labute approximate surface area is 309 Å². The summed E-state index contributed by atoms with van der Waals surface area (Å²) < 4.78 is 54.8. The van der Waals surface area contributed by atoms with Gasteiger partial charge in [0, 0.05) is 37.3 Å². The average molecular weight is 741 g/mol. The number of nitriles is 1. The number of fused-ring (bicyclic) bond motifs is 1. The third-order valence-electron chi connectivity index (χ3n) is 9.78. The van der Waals surface area contributed by atoms with Crippen molar-refractivity contribution in [3.05, 3.63) is 105 Å². The van der Waals surface area contributed by atoms with Crippen LogP contribution in [0.1, 0.15) is 50.9 Å². The minimum absolute atomic E-state index is 0.0331. The molecule has 6 rings (SSSR count). The number of alkyl halides is 3. The minimum atomic E-state index is -4.61. The number of hydrogen-bond donors (Lipinski definition) is 4. The van der Waals surface area contributed by atoms with E-state index in [0.29, 0.717) is 53.0 Å². The summed E-state index contributed by atoms with van der Waals surface area (Å²) in [7, 11) is 1.43. The highest BCUT2D eigenvalue weighted by molar-refractivity contribution is 5.86. The number of likely N-dealkylation sites (tertiary alicyclic amines) is 1. The Morgan fingerprint density at radius 1 is 1.09 bits per heavy atom. The lowest BCUT2D eigenvalue weighted by Crippen LogP contribution is -2.39. The van der Waals surface area contributed by atoms with Crippen molar-refractivity contribution in [3.63, 3.8) is 0 Å². The molecule has 4 aromatic carbocycles. The third-order valence-corrected chi connectivity index (χ3v) is 9.78. The maximum atomic E-state index is 14.4. The molecule has 1 aliphatic heterocycles. The van der Waals surface area contributed by atoms with Gasteiger partial charge in [-0.15, -0.1) is 0 Å². The van der Waals surface area contributed by atoms with Crippen molar-refractivity contribution >= 4 is 29.2 Å². The number of nitrogens with one attached hydrogen (secondary N) is 1. The number of aromatic nitrogens is 1. The Bertz CT molecular complexity index is 2280. The molecule has 10 nitrogen and oxygen atoms in total. The first kappa shape index (κ1) is 38.2. The van der Waals surface area contributed by atoms with Gasteiger partial charge >= 0.3 is 12.1 Å². The largest absolute Gasteiger partial charge is 0.496 e. The van der Waals surface area contributed by atoms with Gasteiger partial charge in [-0.3, -0.25) is 15.0 Å². The normalized spacial score (nSPS) is 15.6. The van der Waals surface area contributed by atoms with E-state index < -0.39 is 36.5 Å². The first-order chi connectivity index (χ1) is 25.8. The van der Waals surface area contributed by atoms with E-state index in [1.54, 1.807) is 18.2 Å². The predicted molar refractivity (Wildman–Crippen MR) is 197 cm³/mol. The summed E-state index contributed by atoms with van der Waals surface area (Å²) in [6.07, 6.45) is -1.43. The number of benzene rings is 4. The molecule has 1 saturated heterocycles. The van der Waals surface area contributed by atoms with E-state index >= 15 is 0 Å². The fraction of sp³-hybridized carbons (Fsp3) is 0.293. The molecule has 0 saturated carbocycles. The molecule has 2 heterocycles. The Balaban J connectivity index is 1.32. The highest BCUT2D eigenvalue weighted by Crippen LogP contribution is 2.39. The van der Waals surface area contributed by atoms with E-state index in [0.717, 1.165) is 28.3 Å². The van der Waals surface area contributed by atoms with Gasteiger partial charge in [0.25, 0.3) is 0 Å². The zero-order valence-electron chi connectivity index (χ0n) is 29.9. The fourth-order valence-corrected chi connectivity index (χ4v) is 6.86. The molecule has 1 aliphatic rings. The highest BCUT2D eigenvalue weighted by atomic mass is 19.4. The fourth-order valence-electron chi connectivity index (χ4n) is 6.86. The second kappa shape index (κ2) is 15.8. The molecule has 54 heavy (non-hydrogen) atoms. The lowest BCUT2D eigenvalue weighted by molar-refractivity contribution is -0.140. The Morgan fingerprint density at radius 3 is 2.44 bits per heavy atom. The number of carboxylic acid groups (broad SMARTS) is 1. The van der Waals surface area contributed by atoms with Crippen LogP contribution >= 0.6 is 0 Å². The van der Waals surface area contributed by atoms with Crippen molar-refractivity contribution in [3.8, 4) is 34.4 Å². The molecule has 0 bridgehead atoms. The second-order valence-electron chi connectivity index (χ2n) is 13.3. The molecule has 1 unspecified atom stereocenters. The molecule has 280 valence electrons. The van der Waals surface area contributed by atoms with Crippen LogP contribution in [-0.2, 0) is 24.1 Å². The van der Waals surface area contributed by atoms with E-state index in [4.69, 9.17) is 9.15 Å². The first-order valence-corrected chi connectivity index (χ1v) is 17.3. The molecule has 0 aliphatic carbocycles. The van der Waals surface area contributed by atoms with Crippen molar-refractivity contribution in [1.29, 1.82) is 5.26 Å². The molecule has 13 heteroatoms. The molecule has 0 amide bonds. The third kappa shape index (κ3) is 8.02. The number of hydrogen-bond acceptors (Lipinski definition) is 9. The van der Waals surface area contributed by atoms with Crippen molar-refractivity contribution in [2.45, 2.75) is 51.7 Å². The van der Waals surface area contributed by atoms with Gasteiger partial charge in [-0.25, -0.2) is 4.98 Å². The van der Waals surface area contributed by atoms with Crippen molar-refractivity contribution < 1.29 is 42.4 Å². The van der Waals surface area contributed by atoms with Crippen LogP contribution in [0, 0.1) is 25.2 Å². The number of rotatable bonds is 12. The SMILES string of the molecule is COc1cc(/C=C/c2cccc(-c3cccc(-c4nc5cc(CNC(CO)C(=O)O)cc(C#N)c5o4)c3C)c2C)c(C(F)(F)F)cc1CN1CC[C@@H](O)C1. The number of methoxy groups -OCH3 is 1. The number of carboxylic acids is 1. The second-order valence-corrected chi connectivity index (χ2v) is 13.3. The molecule has 1 fully saturated rings. The summed E-state index contributed by atoms with van der Waals surface area (Å²) in [6.45, 7) is 4.50. The van der Waals surface area contributed by atoms with E-state index in [-0.39, 0.29) is 35.7 Å². The maximum Gasteiger partial charge on any atom is 0.417 e. The smallest absolute Gasteiger partial charge is 0.417 e. The molecular formula is C41H39F3N4O6. The summed E-state index contributed by atoms with van der Waals surface area (Å²) in [6, 6.07) is 18.0. The Hall–Kier alpha value is -5.52. The standard InChI is InChI=1S/C41H39F3N4O6/c1-23-26(10-11-27-17-37(53-3)29(16-34(27)41(42,43)44)20-48-13-12-30(50)21-48)6-4-7-31(23)32-8-5-9-33(24(32)2)39-47-35-15-25(14-28(18-45)38(35)54-39)19-46-36(22-49)40(51)52/h4-11,14-17,30,36,46,49-50H,12-13,19-22H2,1-3H3,(H,51,52)/b11-10+/t30-,36?/m1/s1. The quantitative estimate of drug-likeness (QED) is 0.0990. The van der Waals surface area contributed by atoms with Gasteiger partial charge in [-0.1, -0.05) is 42.5 Å². The van der Waals surface area contributed by atoms with Crippen LogP contribution < -0.4 is 10.1 Å². The van der Waals surface area contributed by atoms with Crippen LogP contribution in [-0.4, -0.2) is 70.1 Å². The highest BCUT2D eigenvalue weighted by Gasteiger charge is 2.34. The van der Waals surface area contributed by atoms with E-state index in [1.807, 2.05) is 55.1 Å². The predicted octanol–water partition coefficient (Wildman–Crippen LogP) is 6.95. The van der Waals surface area contributed by atoms with Gasteiger partial charge in [0.15, 0.2) is 5.58 Å². The zero-order valence-corrected chi connectivity index (χ0v) is 29.9. The molecule has 4 N–H and O–H groups in total. The Kier molecular flexibility index (Phi) is 11.2. The van der Waals surface area contributed by atoms with Crippen LogP contribution in [0.25, 0.3) is 45.8 Å². The number of oxazole rings is 1. The molecule has 1 aromatic heterocycles. The molecule has 0 radical (unpaired) electrons. The summed E-state index contributed by atoms with van der Waals surface area (Å²) in [4.78, 5) is 17.9. The number of aliphatic hydroxyl groups excluding tert-OH is 2. The molecule has 2 atom stereocenters. The van der Waals surface area contributed by atoms with Gasteiger partial charge in [0.1, 0.15) is 23.4 Å². The van der Waals surface area contributed by atoms with E-state index in [2.05, 4.69) is 16.4 Å². The lowest BCUT2D eigenvalue weighted by atomic mass is 9.91. The number of β-amino-alcohol motifs (C(OH)–C–C–N with tert-alkyl or cyclic N) is 1. The summed E-state index contributed by atoms with van der Waals surface area (Å²) >= 11 is 0. The van der Waals surface area contributed by atoms with Gasteiger partial charge in [-0.2, -0.15) is 18.4 Å².